The minimum absolute atomic E-state index is 0.565. The second-order valence-electron chi connectivity index (χ2n) is 5.04. The van der Waals surface area contributed by atoms with Crippen LogP contribution in [0.15, 0.2) is 0 Å². The Labute approximate surface area is 102 Å². The standard InChI is InChI=1S/C13H18N4/c14-9-11-12-5-1-2-7-17(12)13(16-11)8-10-4-3-6-15-10/h10,15H,1-8H2. The molecule has 0 bridgehead atoms. The van der Waals surface area contributed by atoms with Crippen LogP contribution in [0.1, 0.15) is 42.9 Å². The summed E-state index contributed by atoms with van der Waals surface area (Å²) in [5.41, 5.74) is 1.84. The number of nitrogens with zero attached hydrogens (tertiary/aromatic N) is 3. The lowest BCUT2D eigenvalue weighted by Crippen LogP contribution is -2.26. The first kappa shape index (κ1) is 10.8. The van der Waals surface area contributed by atoms with Gasteiger partial charge in [0.05, 0.1) is 5.69 Å². The van der Waals surface area contributed by atoms with E-state index in [-0.39, 0.29) is 0 Å². The second kappa shape index (κ2) is 4.50. The summed E-state index contributed by atoms with van der Waals surface area (Å²) in [5, 5.41) is 12.6. The van der Waals surface area contributed by atoms with Crippen molar-refractivity contribution in [1.29, 1.82) is 5.26 Å². The predicted octanol–water partition coefficient (Wildman–Crippen LogP) is 1.39. The van der Waals surface area contributed by atoms with E-state index in [0.29, 0.717) is 11.7 Å². The monoisotopic (exact) mass is 230 g/mol. The summed E-state index contributed by atoms with van der Waals surface area (Å²) in [6.07, 6.45) is 6.93. The topological polar surface area (TPSA) is 53.6 Å². The quantitative estimate of drug-likeness (QED) is 0.835. The number of hydrogen-bond donors (Lipinski definition) is 1. The summed E-state index contributed by atoms with van der Waals surface area (Å²) in [6, 6.07) is 2.81. The fourth-order valence-electron chi connectivity index (χ4n) is 3.01. The average Bonchev–Trinajstić information content (AvgIpc) is 2.98. The van der Waals surface area contributed by atoms with E-state index in [1.807, 2.05) is 0 Å². The molecule has 0 amide bonds. The van der Waals surface area contributed by atoms with Gasteiger partial charge in [-0.05, 0) is 38.6 Å². The summed E-state index contributed by atoms with van der Waals surface area (Å²) in [5.74, 6) is 1.12. The minimum Gasteiger partial charge on any atom is -0.331 e. The van der Waals surface area contributed by atoms with E-state index in [1.165, 1.54) is 31.4 Å². The summed E-state index contributed by atoms with van der Waals surface area (Å²) in [7, 11) is 0. The van der Waals surface area contributed by atoms with Gasteiger partial charge in [-0.15, -0.1) is 0 Å². The third-order valence-electron chi connectivity index (χ3n) is 3.89. The molecule has 1 N–H and O–H groups in total. The number of rotatable bonds is 2. The van der Waals surface area contributed by atoms with Crippen LogP contribution in [0, 0.1) is 11.3 Å². The van der Waals surface area contributed by atoms with Crippen molar-refractivity contribution in [2.75, 3.05) is 6.54 Å². The smallest absolute Gasteiger partial charge is 0.161 e. The van der Waals surface area contributed by atoms with E-state index in [9.17, 15) is 0 Å². The molecule has 2 aliphatic heterocycles. The van der Waals surface area contributed by atoms with Crippen LogP contribution in [0.3, 0.4) is 0 Å². The molecule has 3 rings (SSSR count). The Kier molecular flexibility index (Phi) is 2.86. The molecule has 2 aliphatic rings. The summed E-state index contributed by atoms with van der Waals surface area (Å²) >= 11 is 0. The second-order valence-corrected chi connectivity index (χ2v) is 5.04. The van der Waals surface area contributed by atoms with E-state index in [4.69, 9.17) is 5.26 Å². The zero-order valence-corrected chi connectivity index (χ0v) is 10.1. The molecule has 3 heterocycles. The SMILES string of the molecule is N#Cc1nc(CC2CCCN2)n2c1CCCC2. The van der Waals surface area contributed by atoms with Crippen molar-refractivity contribution in [3.05, 3.63) is 17.2 Å². The number of hydrogen-bond acceptors (Lipinski definition) is 3. The van der Waals surface area contributed by atoms with E-state index in [2.05, 4.69) is 20.9 Å². The van der Waals surface area contributed by atoms with Crippen LogP contribution in [0.4, 0.5) is 0 Å². The van der Waals surface area contributed by atoms with E-state index < -0.39 is 0 Å². The highest BCUT2D eigenvalue weighted by Crippen LogP contribution is 2.22. The van der Waals surface area contributed by atoms with Gasteiger partial charge in [0.15, 0.2) is 5.69 Å². The van der Waals surface area contributed by atoms with E-state index >= 15 is 0 Å². The Hall–Kier alpha value is -1.34. The lowest BCUT2D eigenvalue weighted by atomic mass is 10.1. The number of aromatic nitrogens is 2. The Balaban J connectivity index is 1.88. The Morgan fingerprint density at radius 2 is 2.35 bits per heavy atom. The van der Waals surface area contributed by atoms with Crippen LogP contribution in [0.5, 0.6) is 0 Å². The van der Waals surface area contributed by atoms with Crippen LogP contribution in [-0.2, 0) is 19.4 Å². The largest absolute Gasteiger partial charge is 0.331 e. The van der Waals surface area contributed by atoms with Gasteiger partial charge < -0.3 is 9.88 Å². The van der Waals surface area contributed by atoms with Crippen LogP contribution in [-0.4, -0.2) is 22.1 Å². The maximum atomic E-state index is 9.13. The van der Waals surface area contributed by atoms with Crippen LogP contribution in [0.2, 0.25) is 0 Å². The molecule has 0 saturated carbocycles. The van der Waals surface area contributed by atoms with Crippen molar-refractivity contribution in [1.82, 2.24) is 14.9 Å². The van der Waals surface area contributed by atoms with Gasteiger partial charge in [0.1, 0.15) is 11.9 Å². The molecular weight excluding hydrogens is 212 g/mol. The Morgan fingerprint density at radius 1 is 1.41 bits per heavy atom. The van der Waals surface area contributed by atoms with Gasteiger partial charge in [0.25, 0.3) is 0 Å². The Bertz CT molecular complexity index is 449. The lowest BCUT2D eigenvalue weighted by molar-refractivity contribution is 0.493. The molecular formula is C13H18N4. The molecule has 4 heteroatoms. The molecule has 1 aromatic heterocycles. The number of fused-ring (bicyclic) bond motifs is 1. The fourth-order valence-corrected chi connectivity index (χ4v) is 3.01. The zero-order valence-electron chi connectivity index (χ0n) is 10.1. The molecule has 1 aromatic rings. The fraction of sp³-hybridized carbons (Fsp3) is 0.692. The van der Waals surface area contributed by atoms with Crippen LogP contribution in [0.25, 0.3) is 0 Å². The first-order valence-corrected chi connectivity index (χ1v) is 6.60. The molecule has 0 spiro atoms. The zero-order chi connectivity index (χ0) is 11.7. The molecule has 0 aromatic carbocycles. The van der Waals surface area contributed by atoms with Crippen LogP contribution < -0.4 is 5.32 Å². The van der Waals surface area contributed by atoms with Gasteiger partial charge in [-0.25, -0.2) is 4.98 Å². The molecule has 17 heavy (non-hydrogen) atoms. The normalized spacial score (nSPS) is 23.4. The van der Waals surface area contributed by atoms with Gasteiger partial charge >= 0.3 is 0 Å². The molecule has 0 aliphatic carbocycles. The highest BCUT2D eigenvalue weighted by Gasteiger charge is 2.23. The van der Waals surface area contributed by atoms with E-state index in [1.54, 1.807) is 0 Å². The van der Waals surface area contributed by atoms with Crippen molar-refractivity contribution in [3.63, 3.8) is 0 Å². The van der Waals surface area contributed by atoms with Crippen molar-refractivity contribution in [2.24, 2.45) is 0 Å². The molecule has 1 fully saturated rings. The van der Waals surface area contributed by atoms with Gasteiger partial charge in [0.2, 0.25) is 0 Å². The number of nitrogens with one attached hydrogen (secondary N) is 1. The van der Waals surface area contributed by atoms with Crippen LogP contribution >= 0.6 is 0 Å². The molecule has 1 saturated heterocycles. The highest BCUT2D eigenvalue weighted by atomic mass is 15.1. The van der Waals surface area contributed by atoms with Crippen molar-refractivity contribution in [3.8, 4) is 6.07 Å². The van der Waals surface area contributed by atoms with E-state index in [0.717, 1.165) is 31.8 Å². The van der Waals surface area contributed by atoms with Gasteiger partial charge in [0, 0.05) is 19.0 Å². The van der Waals surface area contributed by atoms with Gasteiger partial charge in [-0.3, -0.25) is 0 Å². The number of imidazole rings is 1. The predicted molar refractivity (Wildman–Crippen MR) is 64.6 cm³/mol. The Morgan fingerprint density at radius 3 is 3.12 bits per heavy atom. The summed E-state index contributed by atoms with van der Waals surface area (Å²) in [4.78, 5) is 4.54. The first-order valence-electron chi connectivity index (χ1n) is 6.60. The van der Waals surface area contributed by atoms with Gasteiger partial charge in [-0.2, -0.15) is 5.26 Å². The number of nitriles is 1. The lowest BCUT2D eigenvalue weighted by Gasteiger charge is -2.18. The maximum absolute atomic E-state index is 9.13. The van der Waals surface area contributed by atoms with Crippen molar-refractivity contribution >= 4 is 0 Å². The molecule has 1 atom stereocenters. The minimum atomic E-state index is 0.565. The maximum Gasteiger partial charge on any atom is 0.161 e. The highest BCUT2D eigenvalue weighted by molar-refractivity contribution is 5.30. The summed E-state index contributed by atoms with van der Waals surface area (Å²) in [6.45, 7) is 2.18. The molecule has 0 radical (unpaired) electrons. The van der Waals surface area contributed by atoms with Crippen molar-refractivity contribution in [2.45, 2.75) is 51.1 Å². The molecule has 90 valence electrons. The van der Waals surface area contributed by atoms with Crippen molar-refractivity contribution < 1.29 is 0 Å². The summed E-state index contributed by atoms with van der Waals surface area (Å²) < 4.78 is 2.29. The molecule has 4 nitrogen and oxygen atoms in total. The molecule has 1 unspecified atom stereocenters. The first-order chi connectivity index (χ1) is 8.38. The third kappa shape index (κ3) is 1.96. The average molecular weight is 230 g/mol. The third-order valence-corrected chi connectivity index (χ3v) is 3.89. The van der Waals surface area contributed by atoms with Gasteiger partial charge in [-0.1, -0.05) is 0 Å².